The number of carboxylic acids is 1. The lowest BCUT2D eigenvalue weighted by Gasteiger charge is -2.43. The number of hydrogen-bond donors (Lipinski definition) is 1. The van der Waals surface area contributed by atoms with E-state index in [-0.39, 0.29) is 18.4 Å². The Balaban J connectivity index is 1.69. The molecule has 114 valence electrons. The Labute approximate surface area is 120 Å². The lowest BCUT2D eigenvalue weighted by Crippen LogP contribution is -2.56. The first-order valence-electron chi connectivity index (χ1n) is 7.36. The van der Waals surface area contributed by atoms with Gasteiger partial charge in [0.05, 0.1) is 6.42 Å². The summed E-state index contributed by atoms with van der Waals surface area (Å²) >= 11 is 0. The van der Waals surface area contributed by atoms with Crippen molar-refractivity contribution in [3.63, 3.8) is 0 Å². The SMILES string of the molecule is CN(C)CC1CCN(C(=O)N2CC(CC(=O)O)C2)CC1. The summed E-state index contributed by atoms with van der Waals surface area (Å²) in [6.45, 7) is 3.95. The molecule has 6 heteroatoms. The molecule has 2 fully saturated rings. The number of aliphatic carboxylic acids is 1. The Morgan fingerprint density at radius 1 is 1.10 bits per heavy atom. The van der Waals surface area contributed by atoms with Crippen LogP contribution in [0.3, 0.4) is 0 Å². The van der Waals surface area contributed by atoms with Gasteiger partial charge in [-0.2, -0.15) is 0 Å². The number of carbonyl (C=O) groups excluding carboxylic acids is 1. The highest BCUT2D eigenvalue weighted by Gasteiger charge is 2.35. The molecule has 20 heavy (non-hydrogen) atoms. The van der Waals surface area contributed by atoms with E-state index in [9.17, 15) is 9.59 Å². The fourth-order valence-electron chi connectivity index (χ4n) is 3.13. The number of carbonyl (C=O) groups is 2. The number of carboxylic acid groups (broad SMARTS) is 1. The van der Waals surface area contributed by atoms with Crippen LogP contribution in [0.15, 0.2) is 0 Å². The summed E-state index contributed by atoms with van der Waals surface area (Å²) < 4.78 is 0. The number of hydrogen-bond acceptors (Lipinski definition) is 3. The first kappa shape index (κ1) is 15.1. The van der Waals surface area contributed by atoms with Crippen LogP contribution in [-0.4, -0.2) is 78.6 Å². The third-order valence-corrected chi connectivity index (χ3v) is 4.20. The van der Waals surface area contributed by atoms with E-state index in [2.05, 4.69) is 19.0 Å². The maximum absolute atomic E-state index is 12.2. The fraction of sp³-hybridized carbons (Fsp3) is 0.857. The van der Waals surface area contributed by atoms with Gasteiger partial charge < -0.3 is 19.8 Å². The van der Waals surface area contributed by atoms with Gasteiger partial charge in [0.1, 0.15) is 0 Å². The van der Waals surface area contributed by atoms with E-state index >= 15 is 0 Å². The second-order valence-corrected chi connectivity index (χ2v) is 6.34. The molecule has 0 aromatic carbocycles. The van der Waals surface area contributed by atoms with Crippen LogP contribution in [0.4, 0.5) is 4.79 Å². The molecule has 2 saturated heterocycles. The van der Waals surface area contributed by atoms with Crippen LogP contribution in [0, 0.1) is 11.8 Å². The number of rotatable bonds is 4. The van der Waals surface area contributed by atoms with E-state index in [0.717, 1.165) is 32.5 Å². The minimum Gasteiger partial charge on any atom is -0.481 e. The molecule has 0 saturated carbocycles. The van der Waals surface area contributed by atoms with Crippen LogP contribution in [0.2, 0.25) is 0 Å². The molecule has 2 aliphatic heterocycles. The largest absolute Gasteiger partial charge is 0.481 e. The third-order valence-electron chi connectivity index (χ3n) is 4.20. The monoisotopic (exact) mass is 283 g/mol. The molecule has 0 spiro atoms. The van der Waals surface area contributed by atoms with E-state index < -0.39 is 5.97 Å². The molecule has 2 heterocycles. The summed E-state index contributed by atoms with van der Waals surface area (Å²) in [4.78, 5) is 28.7. The standard InChI is InChI=1S/C14H25N3O3/c1-15(2)8-11-3-5-16(6-4-11)14(20)17-9-12(10-17)7-13(18)19/h11-12H,3-10H2,1-2H3,(H,18,19). The van der Waals surface area contributed by atoms with Crippen molar-refractivity contribution in [2.75, 3.05) is 46.8 Å². The molecule has 6 nitrogen and oxygen atoms in total. The van der Waals surface area contributed by atoms with Gasteiger partial charge in [0.15, 0.2) is 0 Å². The van der Waals surface area contributed by atoms with Gasteiger partial charge in [-0.1, -0.05) is 0 Å². The van der Waals surface area contributed by atoms with Crippen LogP contribution < -0.4 is 0 Å². The quantitative estimate of drug-likeness (QED) is 0.828. The molecule has 0 bridgehead atoms. The molecule has 2 aliphatic rings. The highest BCUT2D eigenvalue weighted by molar-refractivity contribution is 5.76. The van der Waals surface area contributed by atoms with Crippen LogP contribution >= 0.6 is 0 Å². The Morgan fingerprint density at radius 2 is 1.70 bits per heavy atom. The van der Waals surface area contributed by atoms with Crippen molar-refractivity contribution in [1.29, 1.82) is 0 Å². The maximum Gasteiger partial charge on any atom is 0.320 e. The highest BCUT2D eigenvalue weighted by atomic mass is 16.4. The Hall–Kier alpha value is -1.30. The summed E-state index contributed by atoms with van der Waals surface area (Å²) in [5.74, 6) is 0.0551. The second kappa shape index (κ2) is 6.43. The van der Waals surface area contributed by atoms with E-state index in [0.29, 0.717) is 19.0 Å². The summed E-state index contributed by atoms with van der Waals surface area (Å²) in [6.07, 6.45) is 2.31. The van der Waals surface area contributed by atoms with Gasteiger partial charge in [-0.25, -0.2) is 4.79 Å². The molecule has 0 aromatic heterocycles. The predicted molar refractivity (Wildman–Crippen MR) is 75.6 cm³/mol. The number of piperidine rings is 1. The molecule has 0 aliphatic carbocycles. The highest BCUT2D eigenvalue weighted by Crippen LogP contribution is 2.24. The number of likely N-dealkylation sites (tertiary alicyclic amines) is 2. The summed E-state index contributed by atoms with van der Waals surface area (Å²) in [6, 6.07) is 0.0925. The van der Waals surface area contributed by atoms with Gasteiger partial charge in [-0.05, 0) is 32.9 Å². The van der Waals surface area contributed by atoms with E-state index in [1.165, 1.54) is 0 Å². The molecule has 2 amide bonds. The lowest BCUT2D eigenvalue weighted by atomic mass is 9.95. The maximum atomic E-state index is 12.2. The molecule has 0 aromatic rings. The second-order valence-electron chi connectivity index (χ2n) is 6.34. The number of amides is 2. The van der Waals surface area contributed by atoms with E-state index in [1.54, 1.807) is 4.90 Å². The van der Waals surface area contributed by atoms with Crippen LogP contribution in [-0.2, 0) is 4.79 Å². The minimum absolute atomic E-state index is 0.0925. The molecule has 1 N–H and O–H groups in total. The lowest BCUT2D eigenvalue weighted by molar-refractivity contribution is -0.139. The van der Waals surface area contributed by atoms with Gasteiger partial charge >= 0.3 is 12.0 Å². The minimum atomic E-state index is -0.772. The third kappa shape index (κ3) is 3.85. The van der Waals surface area contributed by atoms with Crippen molar-refractivity contribution >= 4 is 12.0 Å². The molecule has 2 rings (SSSR count). The van der Waals surface area contributed by atoms with Crippen molar-refractivity contribution in [2.45, 2.75) is 19.3 Å². The van der Waals surface area contributed by atoms with Crippen molar-refractivity contribution in [3.05, 3.63) is 0 Å². The first-order valence-corrected chi connectivity index (χ1v) is 7.36. The van der Waals surface area contributed by atoms with Crippen molar-refractivity contribution in [1.82, 2.24) is 14.7 Å². The fourth-order valence-corrected chi connectivity index (χ4v) is 3.13. The molecule has 0 unspecified atom stereocenters. The normalized spacial score (nSPS) is 21.1. The van der Waals surface area contributed by atoms with Gasteiger partial charge in [0.25, 0.3) is 0 Å². The summed E-state index contributed by atoms with van der Waals surface area (Å²) in [7, 11) is 4.17. The zero-order chi connectivity index (χ0) is 14.7. The Morgan fingerprint density at radius 3 is 2.20 bits per heavy atom. The van der Waals surface area contributed by atoms with E-state index in [4.69, 9.17) is 5.11 Å². The smallest absolute Gasteiger partial charge is 0.320 e. The first-order chi connectivity index (χ1) is 9.45. The van der Waals surface area contributed by atoms with Crippen molar-refractivity contribution in [2.24, 2.45) is 11.8 Å². The van der Waals surface area contributed by atoms with Crippen LogP contribution in [0.25, 0.3) is 0 Å². The molecular formula is C14H25N3O3. The zero-order valence-corrected chi connectivity index (χ0v) is 12.4. The van der Waals surface area contributed by atoms with Gasteiger partial charge in [-0.15, -0.1) is 0 Å². The molecule has 0 radical (unpaired) electrons. The zero-order valence-electron chi connectivity index (χ0n) is 12.4. The van der Waals surface area contributed by atoms with Crippen LogP contribution in [0.1, 0.15) is 19.3 Å². The van der Waals surface area contributed by atoms with E-state index in [1.807, 2.05) is 4.90 Å². The van der Waals surface area contributed by atoms with Gasteiger partial charge in [-0.3, -0.25) is 4.79 Å². The summed E-state index contributed by atoms with van der Waals surface area (Å²) in [5, 5.41) is 8.71. The number of nitrogens with zero attached hydrogens (tertiary/aromatic N) is 3. The molecular weight excluding hydrogens is 258 g/mol. The number of urea groups is 1. The predicted octanol–water partition coefficient (Wildman–Crippen LogP) is 0.786. The van der Waals surface area contributed by atoms with Gasteiger partial charge in [0.2, 0.25) is 0 Å². The molecule has 0 atom stereocenters. The van der Waals surface area contributed by atoms with Crippen molar-refractivity contribution in [3.8, 4) is 0 Å². The van der Waals surface area contributed by atoms with Crippen molar-refractivity contribution < 1.29 is 14.7 Å². The average molecular weight is 283 g/mol. The Kier molecular flexibility index (Phi) is 4.86. The van der Waals surface area contributed by atoms with Gasteiger partial charge in [0, 0.05) is 38.6 Å². The Bertz CT molecular complexity index is 359. The van der Waals surface area contributed by atoms with Crippen LogP contribution in [0.5, 0.6) is 0 Å². The average Bonchev–Trinajstić information content (AvgIpc) is 2.32. The topological polar surface area (TPSA) is 64.1 Å². The summed E-state index contributed by atoms with van der Waals surface area (Å²) in [5.41, 5.74) is 0.